The zero-order valence-electron chi connectivity index (χ0n) is 16.9. The normalized spacial score (nSPS) is 22.2. The number of aromatic amines is 1. The summed E-state index contributed by atoms with van der Waals surface area (Å²) in [6.45, 7) is 9.58. The van der Waals surface area contributed by atoms with Crippen LogP contribution in [0.25, 0.3) is 11.0 Å². The molecule has 0 bridgehead atoms. The maximum Gasteiger partial charge on any atom is 0.407 e. The number of rotatable bonds is 2. The minimum atomic E-state index is -0.822. The van der Waals surface area contributed by atoms with E-state index in [-0.39, 0.29) is 17.1 Å². The van der Waals surface area contributed by atoms with E-state index in [4.69, 9.17) is 0 Å². The van der Waals surface area contributed by atoms with Crippen molar-refractivity contribution in [3.8, 4) is 0 Å². The highest BCUT2D eigenvalue weighted by Gasteiger charge is 2.33. The first kappa shape index (κ1) is 19.1. The Bertz CT molecular complexity index is 931. The highest BCUT2D eigenvalue weighted by atomic mass is 16.4. The van der Waals surface area contributed by atoms with E-state index in [1.165, 1.54) is 10.5 Å². The lowest BCUT2D eigenvalue weighted by Gasteiger charge is -2.36. The predicted octanol–water partition coefficient (Wildman–Crippen LogP) is 3.02. The van der Waals surface area contributed by atoms with E-state index < -0.39 is 6.09 Å². The molecule has 152 valence electrons. The van der Waals surface area contributed by atoms with Crippen LogP contribution < -0.4 is 5.69 Å². The molecular weight excluding hydrogens is 356 g/mol. The molecule has 7 heteroatoms. The standard InChI is InChI=1S/C21H30N4O3/c1-21(2,3)14-4-5-17-18(12-14)25(19(26)22-17)15-6-9-23(10-7-15)16-8-11-24(13-16)20(27)28/h4-5,12,15-16H,6-11,13H2,1-3H3,(H,22,26)(H,27,28)/t16-/m0/s1. The highest BCUT2D eigenvalue weighted by molar-refractivity contribution is 5.76. The van der Waals surface area contributed by atoms with Gasteiger partial charge in [0.15, 0.2) is 0 Å². The van der Waals surface area contributed by atoms with Gasteiger partial charge in [0, 0.05) is 38.3 Å². The number of H-pyrrole nitrogens is 1. The first-order valence-corrected chi connectivity index (χ1v) is 10.2. The van der Waals surface area contributed by atoms with Crippen molar-refractivity contribution in [1.29, 1.82) is 0 Å². The van der Waals surface area contributed by atoms with Crippen LogP contribution in [-0.4, -0.2) is 62.8 Å². The van der Waals surface area contributed by atoms with Crippen molar-refractivity contribution >= 4 is 17.1 Å². The first-order valence-electron chi connectivity index (χ1n) is 10.2. The van der Waals surface area contributed by atoms with E-state index >= 15 is 0 Å². The van der Waals surface area contributed by atoms with E-state index in [1.807, 2.05) is 10.6 Å². The van der Waals surface area contributed by atoms with Gasteiger partial charge in [0.2, 0.25) is 0 Å². The van der Waals surface area contributed by atoms with Gasteiger partial charge in [-0.3, -0.25) is 9.47 Å². The molecule has 0 unspecified atom stereocenters. The fraction of sp³-hybridized carbons (Fsp3) is 0.619. The maximum absolute atomic E-state index is 12.7. The van der Waals surface area contributed by atoms with Crippen LogP contribution in [0.5, 0.6) is 0 Å². The minimum Gasteiger partial charge on any atom is -0.465 e. The molecule has 0 spiro atoms. The van der Waals surface area contributed by atoms with E-state index in [9.17, 15) is 14.7 Å². The predicted molar refractivity (Wildman–Crippen MR) is 109 cm³/mol. The number of carbonyl (C=O) groups is 1. The van der Waals surface area contributed by atoms with Gasteiger partial charge in [-0.05, 0) is 42.4 Å². The average Bonchev–Trinajstić information content (AvgIpc) is 3.24. The van der Waals surface area contributed by atoms with Crippen molar-refractivity contribution in [2.75, 3.05) is 26.2 Å². The Balaban J connectivity index is 1.52. The molecule has 0 saturated carbocycles. The number of amides is 1. The van der Waals surface area contributed by atoms with Crippen molar-refractivity contribution in [3.63, 3.8) is 0 Å². The topological polar surface area (TPSA) is 81.6 Å². The summed E-state index contributed by atoms with van der Waals surface area (Å²) in [6.07, 6.45) is 1.91. The van der Waals surface area contributed by atoms with Gasteiger partial charge in [0.1, 0.15) is 0 Å². The van der Waals surface area contributed by atoms with Crippen LogP contribution in [0.2, 0.25) is 0 Å². The monoisotopic (exact) mass is 386 g/mol. The minimum absolute atomic E-state index is 0.0302. The Morgan fingerprint density at radius 2 is 1.79 bits per heavy atom. The van der Waals surface area contributed by atoms with E-state index in [1.54, 1.807) is 0 Å². The lowest BCUT2D eigenvalue weighted by Crippen LogP contribution is -2.44. The first-order chi connectivity index (χ1) is 13.2. The van der Waals surface area contributed by atoms with Crippen LogP contribution in [0, 0.1) is 0 Å². The number of fused-ring (bicyclic) bond motifs is 1. The smallest absolute Gasteiger partial charge is 0.407 e. The molecule has 0 radical (unpaired) electrons. The van der Waals surface area contributed by atoms with Crippen molar-refractivity contribution in [2.45, 2.75) is 57.5 Å². The SMILES string of the molecule is CC(C)(C)c1ccc2[nH]c(=O)n(C3CCN([C@H]4CCN(C(=O)O)C4)CC3)c2c1. The lowest BCUT2D eigenvalue weighted by atomic mass is 9.87. The van der Waals surface area contributed by atoms with Gasteiger partial charge in [-0.1, -0.05) is 26.8 Å². The second-order valence-corrected chi connectivity index (χ2v) is 9.22. The fourth-order valence-electron chi connectivity index (χ4n) is 4.67. The molecule has 3 heterocycles. The molecule has 1 atom stereocenters. The summed E-state index contributed by atoms with van der Waals surface area (Å²) in [4.78, 5) is 30.8. The van der Waals surface area contributed by atoms with Crippen LogP contribution in [0.1, 0.15) is 51.6 Å². The molecule has 1 aromatic heterocycles. The van der Waals surface area contributed by atoms with Gasteiger partial charge < -0.3 is 15.0 Å². The second kappa shape index (κ2) is 6.95. The third kappa shape index (κ3) is 3.43. The van der Waals surface area contributed by atoms with Gasteiger partial charge in [0.05, 0.1) is 11.0 Å². The van der Waals surface area contributed by atoms with Crippen LogP contribution in [0.4, 0.5) is 4.79 Å². The number of aromatic nitrogens is 2. The molecule has 7 nitrogen and oxygen atoms in total. The van der Waals surface area contributed by atoms with Crippen molar-refractivity contribution in [2.24, 2.45) is 0 Å². The zero-order valence-corrected chi connectivity index (χ0v) is 16.9. The summed E-state index contributed by atoms with van der Waals surface area (Å²) in [5, 5.41) is 9.17. The number of carboxylic acid groups (broad SMARTS) is 1. The van der Waals surface area contributed by atoms with E-state index in [0.29, 0.717) is 19.1 Å². The third-order valence-corrected chi connectivity index (χ3v) is 6.40. The Morgan fingerprint density at radius 1 is 1.11 bits per heavy atom. The molecule has 2 aliphatic heterocycles. The van der Waals surface area contributed by atoms with Crippen LogP contribution in [-0.2, 0) is 5.41 Å². The van der Waals surface area contributed by atoms with Gasteiger partial charge in [-0.15, -0.1) is 0 Å². The van der Waals surface area contributed by atoms with Gasteiger partial charge in [-0.2, -0.15) is 0 Å². The summed E-state index contributed by atoms with van der Waals surface area (Å²) in [7, 11) is 0. The largest absolute Gasteiger partial charge is 0.465 e. The van der Waals surface area contributed by atoms with Crippen molar-refractivity contribution < 1.29 is 9.90 Å². The third-order valence-electron chi connectivity index (χ3n) is 6.40. The van der Waals surface area contributed by atoms with Gasteiger partial charge in [-0.25, -0.2) is 9.59 Å². The second-order valence-electron chi connectivity index (χ2n) is 9.22. The molecule has 28 heavy (non-hydrogen) atoms. The number of piperidine rings is 1. The maximum atomic E-state index is 12.7. The fourth-order valence-corrected chi connectivity index (χ4v) is 4.67. The molecule has 4 rings (SSSR count). The van der Waals surface area contributed by atoms with Crippen molar-refractivity contribution in [3.05, 3.63) is 34.2 Å². The molecule has 0 aliphatic carbocycles. The summed E-state index contributed by atoms with van der Waals surface area (Å²) >= 11 is 0. The Morgan fingerprint density at radius 3 is 2.39 bits per heavy atom. The lowest BCUT2D eigenvalue weighted by molar-refractivity contribution is 0.126. The summed E-state index contributed by atoms with van der Waals surface area (Å²) in [5.41, 5.74) is 3.12. The molecule has 2 saturated heterocycles. The average molecular weight is 386 g/mol. The number of hydrogen-bond donors (Lipinski definition) is 2. The molecule has 2 fully saturated rings. The summed E-state index contributed by atoms with van der Waals surface area (Å²) < 4.78 is 1.94. The molecule has 1 aromatic carbocycles. The van der Waals surface area contributed by atoms with Crippen molar-refractivity contribution in [1.82, 2.24) is 19.4 Å². The van der Waals surface area contributed by atoms with Gasteiger partial charge >= 0.3 is 11.8 Å². The number of likely N-dealkylation sites (tertiary alicyclic amines) is 2. The number of benzene rings is 1. The van der Waals surface area contributed by atoms with Gasteiger partial charge in [0.25, 0.3) is 0 Å². The van der Waals surface area contributed by atoms with E-state index in [0.717, 1.165) is 43.4 Å². The summed E-state index contributed by atoms with van der Waals surface area (Å²) in [5.74, 6) is 0. The quantitative estimate of drug-likeness (QED) is 0.831. The van der Waals surface area contributed by atoms with Crippen LogP contribution >= 0.6 is 0 Å². The number of nitrogens with one attached hydrogen (secondary N) is 1. The number of hydrogen-bond acceptors (Lipinski definition) is 3. The van der Waals surface area contributed by atoms with E-state index in [2.05, 4.69) is 42.8 Å². The molecule has 2 aromatic rings. The molecular formula is C21H30N4O3. The number of imidazole rings is 1. The number of nitrogens with zero attached hydrogens (tertiary/aromatic N) is 3. The highest BCUT2D eigenvalue weighted by Crippen LogP contribution is 2.30. The molecule has 2 aliphatic rings. The zero-order chi connectivity index (χ0) is 20.1. The molecule has 2 N–H and O–H groups in total. The van der Waals surface area contributed by atoms with Crippen LogP contribution in [0.15, 0.2) is 23.0 Å². The Kier molecular flexibility index (Phi) is 4.73. The Hall–Kier alpha value is -2.28. The molecule has 1 amide bonds. The van der Waals surface area contributed by atoms with Crippen LogP contribution in [0.3, 0.4) is 0 Å². The Labute approximate surface area is 164 Å². The summed E-state index contributed by atoms with van der Waals surface area (Å²) in [6, 6.07) is 6.76.